The highest BCUT2D eigenvalue weighted by Gasteiger charge is 2.15. The minimum absolute atomic E-state index is 0.119. The molecule has 0 aliphatic rings. The van der Waals surface area contributed by atoms with Crippen LogP contribution in [0.5, 0.6) is 23.0 Å². The van der Waals surface area contributed by atoms with Gasteiger partial charge in [0.25, 0.3) is 0 Å². The molecule has 0 amide bonds. The van der Waals surface area contributed by atoms with Crippen molar-refractivity contribution in [1.82, 2.24) is 0 Å². The first-order valence-corrected chi connectivity index (χ1v) is 13.6. The van der Waals surface area contributed by atoms with E-state index < -0.39 is 0 Å². The van der Waals surface area contributed by atoms with Crippen molar-refractivity contribution in [2.45, 2.75) is 78.6 Å². The van der Waals surface area contributed by atoms with Gasteiger partial charge in [0.1, 0.15) is 11.5 Å². The van der Waals surface area contributed by atoms with Crippen LogP contribution in [0.4, 0.5) is 0 Å². The van der Waals surface area contributed by atoms with Gasteiger partial charge in [-0.1, -0.05) is 71.4 Å². The summed E-state index contributed by atoms with van der Waals surface area (Å²) in [6.07, 6.45) is 13.0. The molecule has 36 heavy (non-hydrogen) atoms. The van der Waals surface area contributed by atoms with E-state index in [4.69, 9.17) is 18.9 Å². The van der Waals surface area contributed by atoms with Crippen molar-refractivity contribution >= 4 is 11.9 Å². The topological polar surface area (TPSA) is 54.0 Å². The van der Waals surface area contributed by atoms with Crippen LogP contribution in [0.25, 0.3) is 6.08 Å². The Morgan fingerprint density at radius 2 is 1.36 bits per heavy atom. The number of ether oxygens (including phenoxy) is 4. The molecule has 0 aromatic heterocycles. The zero-order valence-corrected chi connectivity index (χ0v) is 22.6. The Morgan fingerprint density at radius 3 is 2.00 bits per heavy atom. The van der Waals surface area contributed by atoms with E-state index in [9.17, 15) is 4.79 Å². The minimum Gasteiger partial charge on any atom is -0.493 e. The van der Waals surface area contributed by atoms with Crippen LogP contribution < -0.4 is 18.9 Å². The van der Waals surface area contributed by atoms with Gasteiger partial charge in [0.15, 0.2) is 17.3 Å². The lowest BCUT2D eigenvalue weighted by atomic mass is 10.1. The summed E-state index contributed by atoms with van der Waals surface area (Å²) in [4.78, 5) is 13.2. The number of allylic oxidation sites excluding steroid dienone is 1. The van der Waals surface area contributed by atoms with Crippen molar-refractivity contribution in [3.05, 3.63) is 53.6 Å². The molecule has 0 saturated carbocycles. The van der Waals surface area contributed by atoms with Crippen LogP contribution >= 0.6 is 0 Å². The number of para-hydroxylation sites is 1. The Hall–Kier alpha value is -2.95. The summed E-state index contributed by atoms with van der Waals surface area (Å²) in [5.74, 6) is 2.43. The molecule has 5 heteroatoms. The molecule has 2 aromatic carbocycles. The van der Waals surface area contributed by atoms with Crippen LogP contribution in [0.15, 0.2) is 42.5 Å². The van der Waals surface area contributed by atoms with Crippen molar-refractivity contribution in [2.24, 2.45) is 0 Å². The van der Waals surface area contributed by atoms with Gasteiger partial charge < -0.3 is 18.9 Å². The molecule has 0 radical (unpaired) electrons. The van der Waals surface area contributed by atoms with E-state index in [1.165, 1.54) is 0 Å². The number of rotatable bonds is 19. The van der Waals surface area contributed by atoms with Crippen LogP contribution in [0.2, 0.25) is 0 Å². The molecule has 0 aliphatic heterocycles. The van der Waals surface area contributed by atoms with Crippen molar-refractivity contribution in [3.63, 3.8) is 0 Å². The third-order valence-electron chi connectivity index (χ3n) is 5.86. The van der Waals surface area contributed by atoms with E-state index in [0.29, 0.717) is 48.4 Å². The van der Waals surface area contributed by atoms with Gasteiger partial charge in [-0.3, -0.25) is 4.79 Å². The normalized spacial score (nSPS) is 11.0. The fourth-order valence-corrected chi connectivity index (χ4v) is 3.76. The molecule has 0 spiro atoms. The Labute approximate surface area is 217 Å². The van der Waals surface area contributed by atoms with Crippen molar-refractivity contribution in [2.75, 3.05) is 26.9 Å². The van der Waals surface area contributed by atoms with E-state index in [2.05, 4.69) is 20.8 Å². The van der Waals surface area contributed by atoms with E-state index in [1.54, 1.807) is 25.3 Å². The highest BCUT2D eigenvalue weighted by molar-refractivity contribution is 6.08. The van der Waals surface area contributed by atoms with E-state index in [0.717, 1.165) is 63.4 Å². The molecule has 0 atom stereocenters. The fourth-order valence-electron chi connectivity index (χ4n) is 3.76. The molecule has 0 bridgehead atoms. The van der Waals surface area contributed by atoms with Crippen LogP contribution in [-0.2, 0) is 0 Å². The van der Waals surface area contributed by atoms with Crippen molar-refractivity contribution in [3.8, 4) is 23.0 Å². The summed E-state index contributed by atoms with van der Waals surface area (Å²) in [6.45, 7) is 8.32. The molecule has 2 aromatic rings. The molecule has 0 heterocycles. The summed E-state index contributed by atoms with van der Waals surface area (Å²) in [6, 6.07) is 11.2. The monoisotopic (exact) mass is 496 g/mol. The lowest BCUT2D eigenvalue weighted by molar-refractivity contribution is 0.104. The van der Waals surface area contributed by atoms with Crippen molar-refractivity contribution < 1.29 is 23.7 Å². The van der Waals surface area contributed by atoms with Gasteiger partial charge in [-0.25, -0.2) is 0 Å². The van der Waals surface area contributed by atoms with Crippen LogP contribution in [-0.4, -0.2) is 32.7 Å². The average molecular weight is 497 g/mol. The Bertz CT molecular complexity index is 935. The molecule has 198 valence electrons. The van der Waals surface area contributed by atoms with Crippen molar-refractivity contribution in [1.29, 1.82) is 0 Å². The third-order valence-corrected chi connectivity index (χ3v) is 5.86. The first kappa shape index (κ1) is 29.3. The fraction of sp³-hybridized carbons (Fsp3) is 0.516. The molecular formula is C31H44O5. The number of hydrogen-bond acceptors (Lipinski definition) is 5. The summed E-state index contributed by atoms with van der Waals surface area (Å²) < 4.78 is 23.7. The Morgan fingerprint density at radius 1 is 0.750 bits per heavy atom. The minimum atomic E-state index is -0.119. The van der Waals surface area contributed by atoms with Gasteiger partial charge in [0.05, 0.1) is 32.5 Å². The predicted octanol–water partition coefficient (Wildman–Crippen LogP) is 8.30. The third kappa shape index (κ3) is 9.96. The number of methoxy groups -OCH3 is 1. The van der Waals surface area contributed by atoms with Crippen LogP contribution in [0.1, 0.15) is 94.5 Å². The second-order valence-electron chi connectivity index (χ2n) is 8.90. The lowest BCUT2D eigenvalue weighted by Gasteiger charge is -2.16. The number of benzene rings is 2. The molecule has 0 N–H and O–H groups in total. The summed E-state index contributed by atoms with van der Waals surface area (Å²) in [5.41, 5.74) is 1.31. The SMILES string of the molecule is CCCCCOc1cc(C=CC(=O)c2ccccc2OCCCCC)c(OCCCCC)c(OC)c1. The van der Waals surface area contributed by atoms with Gasteiger partial charge in [0.2, 0.25) is 0 Å². The van der Waals surface area contributed by atoms with Gasteiger partial charge in [-0.15, -0.1) is 0 Å². The average Bonchev–Trinajstić information content (AvgIpc) is 2.90. The molecule has 0 aliphatic carbocycles. The number of unbranched alkanes of at least 4 members (excludes halogenated alkanes) is 6. The first-order chi connectivity index (χ1) is 17.6. The smallest absolute Gasteiger partial charge is 0.189 e. The molecule has 0 fully saturated rings. The highest BCUT2D eigenvalue weighted by atomic mass is 16.5. The summed E-state index contributed by atoms with van der Waals surface area (Å²) in [7, 11) is 1.62. The zero-order valence-electron chi connectivity index (χ0n) is 22.6. The molecule has 0 unspecified atom stereocenters. The predicted molar refractivity (Wildman–Crippen MR) is 148 cm³/mol. The highest BCUT2D eigenvalue weighted by Crippen LogP contribution is 2.37. The van der Waals surface area contributed by atoms with Gasteiger partial charge in [-0.2, -0.15) is 0 Å². The number of carbonyl (C=O) groups excluding carboxylic acids is 1. The summed E-state index contributed by atoms with van der Waals surface area (Å²) in [5, 5.41) is 0. The lowest BCUT2D eigenvalue weighted by Crippen LogP contribution is -2.04. The van der Waals surface area contributed by atoms with Gasteiger partial charge in [-0.05, 0) is 49.6 Å². The van der Waals surface area contributed by atoms with E-state index >= 15 is 0 Å². The maximum Gasteiger partial charge on any atom is 0.189 e. The van der Waals surface area contributed by atoms with Crippen LogP contribution in [0, 0.1) is 0 Å². The zero-order chi connectivity index (χ0) is 26.0. The van der Waals surface area contributed by atoms with Gasteiger partial charge >= 0.3 is 0 Å². The first-order valence-electron chi connectivity index (χ1n) is 13.6. The van der Waals surface area contributed by atoms with Crippen LogP contribution in [0.3, 0.4) is 0 Å². The summed E-state index contributed by atoms with van der Waals surface area (Å²) >= 11 is 0. The molecule has 2 rings (SSSR count). The molecule has 5 nitrogen and oxygen atoms in total. The maximum absolute atomic E-state index is 13.2. The second-order valence-corrected chi connectivity index (χ2v) is 8.90. The molecular weight excluding hydrogens is 452 g/mol. The quantitative estimate of drug-likeness (QED) is 0.111. The number of carbonyl (C=O) groups is 1. The second kappa shape index (κ2) is 17.5. The van der Waals surface area contributed by atoms with Gasteiger partial charge in [0, 0.05) is 11.6 Å². The van der Waals surface area contributed by atoms with E-state index in [-0.39, 0.29) is 5.78 Å². The Balaban J connectivity index is 2.27. The largest absolute Gasteiger partial charge is 0.493 e. The van der Waals surface area contributed by atoms with E-state index in [1.807, 2.05) is 30.3 Å². The Kier molecular flexibility index (Phi) is 14.2. The number of hydrogen-bond donors (Lipinski definition) is 0. The maximum atomic E-state index is 13.2. The molecule has 0 saturated heterocycles. The standard InChI is InChI=1S/C31H44O5/c1-5-8-13-20-34-26-23-25(31(30(24-26)33-4)36-22-15-10-7-3)18-19-28(32)27-16-11-12-17-29(27)35-21-14-9-6-2/h11-12,16-19,23-24H,5-10,13-15,20-22H2,1-4H3. The number of ketones is 1.